The van der Waals surface area contributed by atoms with E-state index in [1.165, 1.54) is 18.9 Å². The predicted molar refractivity (Wildman–Crippen MR) is 104 cm³/mol. The van der Waals surface area contributed by atoms with Gasteiger partial charge in [0.2, 0.25) is 5.78 Å². The van der Waals surface area contributed by atoms with Crippen molar-refractivity contribution in [2.75, 3.05) is 20.1 Å². The summed E-state index contributed by atoms with van der Waals surface area (Å²) < 4.78 is 0. The SMILES string of the molecule is C[C@@H]1C=C2C=CC(=O)C(O)=C2[C@@]2(CCN(C)CC3CC3)[C@@H](O)C(=O)CC[C@@]12O. The molecule has 0 spiro atoms. The summed E-state index contributed by atoms with van der Waals surface area (Å²) in [4.78, 5) is 27.0. The Morgan fingerprint density at radius 3 is 2.64 bits per heavy atom. The number of ketones is 2. The molecule has 6 nitrogen and oxygen atoms in total. The molecule has 28 heavy (non-hydrogen) atoms. The summed E-state index contributed by atoms with van der Waals surface area (Å²) in [5.74, 6) is -0.997. The number of Topliss-reactive ketones (excluding diaryl/α,β-unsaturated/α-hetero) is 1. The molecule has 0 aromatic rings. The van der Waals surface area contributed by atoms with Crippen molar-refractivity contribution in [1.29, 1.82) is 0 Å². The highest BCUT2D eigenvalue weighted by Gasteiger charge is 2.66. The highest BCUT2D eigenvalue weighted by atomic mass is 16.3. The van der Waals surface area contributed by atoms with E-state index < -0.39 is 28.7 Å². The average molecular weight is 387 g/mol. The Balaban J connectivity index is 1.82. The zero-order valence-electron chi connectivity index (χ0n) is 16.5. The number of nitrogens with zero attached hydrogens (tertiary/aromatic N) is 1. The molecule has 4 rings (SSSR count). The maximum atomic E-state index is 12.6. The first-order valence-corrected chi connectivity index (χ1v) is 10.2. The minimum Gasteiger partial charge on any atom is -0.504 e. The van der Waals surface area contributed by atoms with Crippen molar-refractivity contribution in [2.45, 2.75) is 50.7 Å². The van der Waals surface area contributed by atoms with Crippen LogP contribution in [0.25, 0.3) is 0 Å². The lowest BCUT2D eigenvalue weighted by molar-refractivity contribution is -0.186. The van der Waals surface area contributed by atoms with Crippen molar-refractivity contribution in [1.82, 2.24) is 4.90 Å². The van der Waals surface area contributed by atoms with Crippen molar-refractivity contribution in [3.63, 3.8) is 0 Å². The molecule has 152 valence electrons. The molecule has 2 saturated carbocycles. The standard InChI is InChI=1S/C22H29NO5/c1-13-11-15-5-6-16(24)19(26)18(15)21(9-10-23(2)12-14-3-4-14)20(27)17(25)7-8-22(13,21)28/h5-6,11,13-14,20,26-28H,3-4,7-10,12H2,1-2H3/t13-,20+,21+,22-/m1/s1. The van der Waals surface area contributed by atoms with E-state index in [2.05, 4.69) is 4.90 Å². The van der Waals surface area contributed by atoms with Gasteiger partial charge in [0.05, 0.1) is 11.0 Å². The Morgan fingerprint density at radius 2 is 1.96 bits per heavy atom. The van der Waals surface area contributed by atoms with Gasteiger partial charge in [0.15, 0.2) is 11.5 Å². The van der Waals surface area contributed by atoms with E-state index in [0.29, 0.717) is 24.5 Å². The van der Waals surface area contributed by atoms with Crippen LogP contribution in [0.4, 0.5) is 0 Å². The van der Waals surface area contributed by atoms with E-state index in [-0.39, 0.29) is 30.1 Å². The summed E-state index contributed by atoms with van der Waals surface area (Å²) in [6.07, 6.45) is 6.32. The molecule has 0 bridgehead atoms. The maximum Gasteiger partial charge on any atom is 0.220 e. The van der Waals surface area contributed by atoms with Gasteiger partial charge in [-0.25, -0.2) is 0 Å². The number of carbonyl (C=O) groups is 2. The minimum atomic E-state index is -1.46. The van der Waals surface area contributed by atoms with Gasteiger partial charge in [-0.05, 0) is 56.8 Å². The first-order valence-electron chi connectivity index (χ1n) is 10.2. The molecule has 0 heterocycles. The molecular weight excluding hydrogens is 358 g/mol. The Bertz CT molecular complexity index is 808. The van der Waals surface area contributed by atoms with Crippen molar-refractivity contribution < 1.29 is 24.9 Å². The molecule has 2 fully saturated rings. The van der Waals surface area contributed by atoms with E-state index in [9.17, 15) is 24.9 Å². The number of aliphatic hydroxyl groups excluding tert-OH is 2. The number of fused-ring (bicyclic) bond motifs is 3. The number of rotatable bonds is 5. The first-order chi connectivity index (χ1) is 13.2. The van der Waals surface area contributed by atoms with E-state index in [1.807, 2.05) is 20.0 Å². The smallest absolute Gasteiger partial charge is 0.220 e. The van der Waals surface area contributed by atoms with Gasteiger partial charge in [-0.2, -0.15) is 0 Å². The van der Waals surface area contributed by atoms with E-state index in [0.717, 1.165) is 6.54 Å². The Hall–Kier alpha value is -1.76. The summed E-state index contributed by atoms with van der Waals surface area (Å²) in [5.41, 5.74) is -1.94. The molecule has 4 aliphatic rings. The van der Waals surface area contributed by atoms with Crippen molar-refractivity contribution >= 4 is 11.6 Å². The summed E-state index contributed by atoms with van der Waals surface area (Å²) in [6.45, 7) is 3.36. The number of aliphatic hydroxyl groups is 3. The molecule has 3 N–H and O–H groups in total. The van der Waals surface area contributed by atoms with Crippen LogP contribution in [0.1, 0.15) is 39.0 Å². The second-order valence-electron chi connectivity index (χ2n) is 9.05. The lowest BCUT2D eigenvalue weighted by atomic mass is 9.48. The molecule has 0 aromatic carbocycles. The third-order valence-corrected chi connectivity index (χ3v) is 7.25. The largest absolute Gasteiger partial charge is 0.504 e. The number of hydrogen-bond acceptors (Lipinski definition) is 6. The number of hydrogen-bond donors (Lipinski definition) is 3. The molecule has 0 aromatic heterocycles. The molecule has 0 amide bonds. The zero-order valence-corrected chi connectivity index (χ0v) is 16.5. The second-order valence-corrected chi connectivity index (χ2v) is 9.05. The Kier molecular flexibility index (Phi) is 4.64. The van der Waals surface area contributed by atoms with Crippen molar-refractivity contribution in [2.24, 2.45) is 17.3 Å². The molecule has 4 atom stereocenters. The highest BCUT2D eigenvalue weighted by Crippen LogP contribution is 2.60. The Morgan fingerprint density at radius 1 is 1.25 bits per heavy atom. The lowest BCUT2D eigenvalue weighted by Gasteiger charge is -2.58. The van der Waals surface area contributed by atoms with Gasteiger partial charge in [-0.3, -0.25) is 9.59 Å². The van der Waals surface area contributed by atoms with Gasteiger partial charge in [-0.15, -0.1) is 0 Å². The summed E-state index contributed by atoms with van der Waals surface area (Å²) >= 11 is 0. The zero-order chi connectivity index (χ0) is 20.3. The van der Waals surface area contributed by atoms with Gasteiger partial charge >= 0.3 is 0 Å². The molecule has 0 saturated heterocycles. The first kappa shape index (κ1) is 19.6. The van der Waals surface area contributed by atoms with Crippen LogP contribution in [0, 0.1) is 17.3 Å². The van der Waals surface area contributed by atoms with Crippen LogP contribution < -0.4 is 0 Å². The molecule has 6 heteroatoms. The third-order valence-electron chi connectivity index (χ3n) is 7.25. The molecule has 0 unspecified atom stereocenters. The van der Waals surface area contributed by atoms with Crippen LogP contribution in [0.5, 0.6) is 0 Å². The van der Waals surface area contributed by atoms with Gasteiger partial charge in [-0.1, -0.05) is 19.1 Å². The maximum absolute atomic E-state index is 12.6. The third kappa shape index (κ3) is 2.73. The van der Waals surface area contributed by atoms with E-state index in [4.69, 9.17) is 0 Å². The van der Waals surface area contributed by atoms with Crippen LogP contribution in [0.2, 0.25) is 0 Å². The van der Waals surface area contributed by atoms with Gasteiger partial charge in [0.25, 0.3) is 0 Å². The monoisotopic (exact) mass is 387 g/mol. The molecule has 0 aliphatic heterocycles. The quantitative estimate of drug-likeness (QED) is 0.664. The van der Waals surface area contributed by atoms with Gasteiger partial charge < -0.3 is 20.2 Å². The van der Waals surface area contributed by atoms with Crippen molar-refractivity contribution in [3.05, 3.63) is 35.1 Å². The second kappa shape index (κ2) is 6.65. The average Bonchev–Trinajstić information content (AvgIpc) is 3.46. The summed E-state index contributed by atoms with van der Waals surface area (Å²) in [7, 11) is 1.99. The van der Waals surface area contributed by atoms with E-state index in [1.54, 1.807) is 6.08 Å². The molecule has 0 radical (unpaired) electrons. The normalized spacial score (nSPS) is 37.8. The highest BCUT2D eigenvalue weighted by molar-refractivity contribution is 6.06. The van der Waals surface area contributed by atoms with Crippen LogP contribution in [-0.2, 0) is 9.59 Å². The van der Waals surface area contributed by atoms with Crippen LogP contribution >= 0.6 is 0 Å². The minimum absolute atomic E-state index is 0.0860. The van der Waals surface area contributed by atoms with Gasteiger partial charge in [0.1, 0.15) is 6.10 Å². The topological polar surface area (TPSA) is 98.1 Å². The van der Waals surface area contributed by atoms with E-state index >= 15 is 0 Å². The Labute approximate surface area is 165 Å². The fourth-order valence-corrected chi connectivity index (χ4v) is 5.45. The number of carbonyl (C=O) groups excluding carboxylic acids is 2. The molecular formula is C22H29NO5. The lowest BCUT2D eigenvalue weighted by Crippen LogP contribution is -2.67. The summed E-state index contributed by atoms with van der Waals surface area (Å²) in [5, 5.41) is 33.6. The summed E-state index contributed by atoms with van der Waals surface area (Å²) in [6, 6.07) is 0. The van der Waals surface area contributed by atoms with Crippen LogP contribution in [0.3, 0.4) is 0 Å². The van der Waals surface area contributed by atoms with Crippen LogP contribution in [-0.4, -0.2) is 63.6 Å². The molecule has 4 aliphatic carbocycles. The fraction of sp³-hybridized carbons (Fsp3) is 0.636. The van der Waals surface area contributed by atoms with Gasteiger partial charge in [0, 0.05) is 24.5 Å². The van der Waals surface area contributed by atoms with Crippen LogP contribution in [0.15, 0.2) is 35.1 Å². The number of allylic oxidation sites excluding steroid dienone is 3. The predicted octanol–water partition coefficient (Wildman–Crippen LogP) is 1.69. The fourth-order valence-electron chi connectivity index (χ4n) is 5.45. The van der Waals surface area contributed by atoms with Crippen molar-refractivity contribution in [3.8, 4) is 0 Å².